The molecular formula is C27H34N2O5. The third-order valence-electron chi connectivity index (χ3n) is 6.31. The molecule has 0 heterocycles. The molecule has 3 rings (SSSR count). The van der Waals surface area contributed by atoms with Crippen molar-refractivity contribution in [2.24, 2.45) is 5.92 Å². The summed E-state index contributed by atoms with van der Waals surface area (Å²) in [5.74, 6) is -1.25. The van der Waals surface area contributed by atoms with Crippen LogP contribution in [0.15, 0.2) is 48.5 Å². The van der Waals surface area contributed by atoms with Crippen LogP contribution in [0.25, 0.3) is 11.1 Å². The molecule has 7 heteroatoms. The van der Waals surface area contributed by atoms with E-state index in [1.165, 1.54) is 22.3 Å². The molecule has 1 aliphatic carbocycles. The van der Waals surface area contributed by atoms with Gasteiger partial charge in [0, 0.05) is 24.9 Å². The number of benzene rings is 2. The first-order valence-electron chi connectivity index (χ1n) is 12.0. The fourth-order valence-electron chi connectivity index (χ4n) is 4.33. The van der Waals surface area contributed by atoms with Crippen molar-refractivity contribution in [2.75, 3.05) is 13.2 Å². The fraction of sp³-hybridized carbons (Fsp3) is 0.444. The van der Waals surface area contributed by atoms with Crippen molar-refractivity contribution in [2.45, 2.75) is 57.9 Å². The van der Waals surface area contributed by atoms with Gasteiger partial charge in [0.2, 0.25) is 5.91 Å². The van der Waals surface area contributed by atoms with Gasteiger partial charge in [-0.1, -0.05) is 55.5 Å². The van der Waals surface area contributed by atoms with Gasteiger partial charge in [0.25, 0.3) is 0 Å². The molecule has 0 saturated carbocycles. The summed E-state index contributed by atoms with van der Waals surface area (Å²) < 4.78 is 5.57. The monoisotopic (exact) mass is 466 g/mol. The molecule has 2 aromatic carbocycles. The zero-order valence-electron chi connectivity index (χ0n) is 19.9. The quantitative estimate of drug-likeness (QED) is 0.393. The molecule has 0 fully saturated rings. The van der Waals surface area contributed by atoms with Crippen LogP contribution in [0.1, 0.15) is 63.0 Å². The number of alkyl carbamates (subject to hydrolysis) is 1. The van der Waals surface area contributed by atoms with E-state index in [0.717, 1.165) is 0 Å². The molecular weight excluding hydrogens is 432 g/mol. The van der Waals surface area contributed by atoms with Gasteiger partial charge in [0.05, 0.1) is 5.92 Å². The van der Waals surface area contributed by atoms with Gasteiger partial charge in [-0.2, -0.15) is 0 Å². The number of amides is 2. The SMILES string of the molecule is CC(CCCC(=O)NCCCC(C)C(=O)O)NC(=O)OCC1c2ccccc2-c2ccccc21. The minimum Gasteiger partial charge on any atom is -0.481 e. The van der Waals surface area contributed by atoms with E-state index in [9.17, 15) is 14.4 Å². The highest BCUT2D eigenvalue weighted by molar-refractivity contribution is 5.79. The standard InChI is InChI=1S/C27H34N2O5/c1-18(26(31)32)9-8-16-28-25(30)15-7-10-19(2)29-27(33)34-17-24-22-13-5-3-11-20(22)21-12-4-6-14-23(21)24/h3-6,11-14,18-19,24H,7-10,15-17H2,1-2H3,(H,28,30)(H,29,33)(H,31,32). The number of carbonyl (C=O) groups excluding carboxylic acids is 2. The second-order valence-corrected chi connectivity index (χ2v) is 8.99. The van der Waals surface area contributed by atoms with E-state index in [-0.39, 0.29) is 24.5 Å². The van der Waals surface area contributed by atoms with Crippen LogP contribution < -0.4 is 10.6 Å². The Kier molecular flexibility index (Phi) is 9.08. The number of ether oxygens (including phenoxy) is 1. The van der Waals surface area contributed by atoms with Gasteiger partial charge in [-0.3, -0.25) is 9.59 Å². The smallest absolute Gasteiger partial charge is 0.407 e. The van der Waals surface area contributed by atoms with Crippen molar-refractivity contribution >= 4 is 18.0 Å². The van der Waals surface area contributed by atoms with Crippen molar-refractivity contribution in [3.63, 3.8) is 0 Å². The highest BCUT2D eigenvalue weighted by Crippen LogP contribution is 2.44. The average molecular weight is 467 g/mol. The van der Waals surface area contributed by atoms with Crippen LogP contribution in [0.3, 0.4) is 0 Å². The first-order chi connectivity index (χ1) is 16.4. The topological polar surface area (TPSA) is 105 Å². The normalized spacial score (nSPS) is 13.9. The molecule has 34 heavy (non-hydrogen) atoms. The first kappa shape index (κ1) is 25.3. The predicted molar refractivity (Wildman–Crippen MR) is 131 cm³/mol. The molecule has 0 aliphatic heterocycles. The van der Waals surface area contributed by atoms with Gasteiger partial charge in [0.1, 0.15) is 6.61 Å². The Morgan fingerprint density at radius 1 is 0.941 bits per heavy atom. The molecule has 2 unspecified atom stereocenters. The number of carbonyl (C=O) groups is 3. The number of aliphatic carboxylic acids is 1. The lowest BCUT2D eigenvalue weighted by Gasteiger charge is -2.17. The summed E-state index contributed by atoms with van der Waals surface area (Å²) in [5.41, 5.74) is 4.73. The molecule has 3 N–H and O–H groups in total. The maximum Gasteiger partial charge on any atom is 0.407 e. The number of carboxylic acid groups (broad SMARTS) is 1. The Morgan fingerprint density at radius 2 is 1.56 bits per heavy atom. The summed E-state index contributed by atoms with van der Waals surface area (Å²) in [7, 11) is 0. The highest BCUT2D eigenvalue weighted by atomic mass is 16.5. The molecule has 2 amide bonds. The molecule has 0 saturated heterocycles. The largest absolute Gasteiger partial charge is 0.481 e. The van der Waals surface area contributed by atoms with Crippen LogP contribution in [-0.2, 0) is 14.3 Å². The minimum atomic E-state index is -0.816. The molecule has 0 radical (unpaired) electrons. The molecule has 0 bridgehead atoms. The van der Waals surface area contributed by atoms with Crippen molar-refractivity contribution in [3.05, 3.63) is 59.7 Å². The second kappa shape index (κ2) is 12.2. The van der Waals surface area contributed by atoms with Gasteiger partial charge >= 0.3 is 12.1 Å². The van der Waals surface area contributed by atoms with E-state index >= 15 is 0 Å². The van der Waals surface area contributed by atoms with Crippen molar-refractivity contribution in [1.82, 2.24) is 10.6 Å². The van der Waals surface area contributed by atoms with Crippen LogP contribution in [0.2, 0.25) is 0 Å². The van der Waals surface area contributed by atoms with Crippen molar-refractivity contribution < 1.29 is 24.2 Å². The summed E-state index contributed by atoms with van der Waals surface area (Å²) in [5, 5.41) is 14.5. The molecule has 7 nitrogen and oxygen atoms in total. The molecule has 0 spiro atoms. The first-order valence-corrected chi connectivity index (χ1v) is 12.0. The van der Waals surface area contributed by atoms with E-state index in [4.69, 9.17) is 9.84 Å². The third kappa shape index (κ3) is 6.83. The Labute approximate surface area is 200 Å². The average Bonchev–Trinajstić information content (AvgIpc) is 3.14. The van der Waals surface area contributed by atoms with Crippen molar-refractivity contribution in [1.29, 1.82) is 0 Å². The summed E-state index contributed by atoms with van der Waals surface area (Å²) in [4.78, 5) is 35.1. The number of hydrogen-bond acceptors (Lipinski definition) is 4. The van der Waals surface area contributed by atoms with E-state index in [1.54, 1.807) is 6.92 Å². The van der Waals surface area contributed by atoms with Crippen LogP contribution in [0, 0.1) is 5.92 Å². The summed E-state index contributed by atoms with van der Waals surface area (Å²) in [6.07, 6.45) is 2.39. The van der Waals surface area contributed by atoms with E-state index in [2.05, 4.69) is 34.9 Å². The second-order valence-electron chi connectivity index (χ2n) is 8.99. The Hall–Kier alpha value is -3.35. The molecule has 182 valence electrons. The maximum atomic E-state index is 12.4. The van der Waals surface area contributed by atoms with E-state index < -0.39 is 18.0 Å². The number of rotatable bonds is 12. The van der Waals surface area contributed by atoms with Crippen molar-refractivity contribution in [3.8, 4) is 11.1 Å². The molecule has 1 aliphatic rings. The lowest BCUT2D eigenvalue weighted by atomic mass is 9.98. The van der Waals surface area contributed by atoms with E-state index in [0.29, 0.717) is 38.6 Å². The Morgan fingerprint density at radius 3 is 2.18 bits per heavy atom. The fourth-order valence-corrected chi connectivity index (χ4v) is 4.33. The zero-order valence-corrected chi connectivity index (χ0v) is 19.9. The Balaban J connectivity index is 1.34. The van der Waals surface area contributed by atoms with Crippen LogP contribution in [0.4, 0.5) is 4.79 Å². The third-order valence-corrected chi connectivity index (χ3v) is 6.31. The predicted octanol–water partition coefficient (Wildman–Crippen LogP) is 4.70. The van der Waals surface area contributed by atoms with E-state index in [1.807, 2.05) is 31.2 Å². The lowest BCUT2D eigenvalue weighted by molar-refractivity contribution is -0.141. The summed E-state index contributed by atoms with van der Waals surface area (Å²) in [6.45, 7) is 4.31. The molecule has 0 aromatic heterocycles. The molecule has 2 aromatic rings. The number of fused-ring (bicyclic) bond motifs is 3. The molecule has 2 atom stereocenters. The maximum absolute atomic E-state index is 12.4. The Bertz CT molecular complexity index is 961. The number of nitrogens with one attached hydrogen (secondary N) is 2. The lowest BCUT2D eigenvalue weighted by Crippen LogP contribution is -2.34. The van der Waals surface area contributed by atoms with Crippen LogP contribution >= 0.6 is 0 Å². The minimum absolute atomic E-state index is 0.0237. The number of carboxylic acids is 1. The van der Waals surface area contributed by atoms with Crippen LogP contribution in [0.5, 0.6) is 0 Å². The van der Waals surface area contributed by atoms with Gasteiger partial charge < -0.3 is 20.5 Å². The van der Waals surface area contributed by atoms with Gasteiger partial charge in [-0.15, -0.1) is 0 Å². The summed E-state index contributed by atoms with van der Waals surface area (Å²) >= 11 is 0. The van der Waals surface area contributed by atoms with Gasteiger partial charge in [-0.05, 0) is 54.9 Å². The summed E-state index contributed by atoms with van der Waals surface area (Å²) in [6, 6.07) is 16.3. The zero-order chi connectivity index (χ0) is 24.5. The highest BCUT2D eigenvalue weighted by Gasteiger charge is 2.29. The number of hydrogen-bond donors (Lipinski definition) is 3. The van der Waals surface area contributed by atoms with Gasteiger partial charge in [-0.25, -0.2) is 4.79 Å². The van der Waals surface area contributed by atoms with Crippen LogP contribution in [-0.4, -0.2) is 42.3 Å². The van der Waals surface area contributed by atoms with Gasteiger partial charge in [0.15, 0.2) is 0 Å².